The number of Topliss-reactive ketones (excluding diaryl/α,β-unsaturated/α-hetero) is 1. The van der Waals surface area contributed by atoms with Crippen LogP contribution in [0.3, 0.4) is 0 Å². The largest absolute Gasteiger partial charge is 0.478 e. The molecule has 2 aromatic heterocycles. The van der Waals surface area contributed by atoms with E-state index in [0.29, 0.717) is 22.3 Å². The van der Waals surface area contributed by atoms with Gasteiger partial charge in [-0.1, -0.05) is 34.1 Å². The van der Waals surface area contributed by atoms with Crippen molar-refractivity contribution >= 4 is 32.7 Å². The Labute approximate surface area is 168 Å². The number of hydrogen-bond donors (Lipinski definition) is 0. The van der Waals surface area contributed by atoms with Gasteiger partial charge in [-0.2, -0.15) is 0 Å². The van der Waals surface area contributed by atoms with Crippen molar-refractivity contribution in [1.82, 2.24) is 0 Å². The van der Waals surface area contributed by atoms with Crippen molar-refractivity contribution in [3.63, 3.8) is 0 Å². The van der Waals surface area contributed by atoms with E-state index in [4.69, 9.17) is 13.6 Å². The van der Waals surface area contributed by atoms with E-state index in [9.17, 15) is 9.59 Å². The molecule has 6 heteroatoms. The maximum absolute atomic E-state index is 13.0. The van der Waals surface area contributed by atoms with Gasteiger partial charge in [0.05, 0.1) is 11.6 Å². The highest BCUT2D eigenvalue weighted by Gasteiger charge is 2.21. The number of fused-ring (bicyclic) bond motifs is 1. The number of ketones is 1. The van der Waals surface area contributed by atoms with Crippen LogP contribution in [0.25, 0.3) is 22.5 Å². The smallest absolute Gasteiger partial charge is 0.235 e. The zero-order valence-corrected chi connectivity index (χ0v) is 16.5. The van der Waals surface area contributed by atoms with E-state index in [1.807, 2.05) is 13.0 Å². The van der Waals surface area contributed by atoms with Crippen molar-refractivity contribution < 1.29 is 18.4 Å². The average Bonchev–Trinajstić information content (AvgIpc) is 3.22. The number of halogens is 1. The zero-order valence-electron chi connectivity index (χ0n) is 14.9. The van der Waals surface area contributed by atoms with Crippen molar-refractivity contribution in [1.29, 1.82) is 0 Å². The van der Waals surface area contributed by atoms with Crippen LogP contribution >= 0.6 is 15.9 Å². The fourth-order valence-electron chi connectivity index (χ4n) is 2.84. The molecule has 0 fully saturated rings. The van der Waals surface area contributed by atoms with E-state index in [1.54, 1.807) is 48.5 Å². The standard InChI is InChI=1S/C22H15BrO5/c1-13-4-9-16-19(11-13)28-21(18-3-2-10-26-18)22(20(16)25)27-12-17(24)14-5-7-15(23)8-6-14/h2-11H,12H2,1H3. The van der Waals surface area contributed by atoms with Crippen molar-refractivity contribution in [2.75, 3.05) is 6.61 Å². The third-order valence-electron chi connectivity index (χ3n) is 4.26. The molecule has 0 N–H and O–H groups in total. The first-order valence-electron chi connectivity index (χ1n) is 8.56. The normalized spacial score (nSPS) is 10.9. The second-order valence-corrected chi connectivity index (χ2v) is 7.20. The molecule has 2 heterocycles. The highest BCUT2D eigenvalue weighted by Crippen LogP contribution is 2.31. The lowest BCUT2D eigenvalue weighted by Gasteiger charge is -2.10. The molecule has 5 nitrogen and oxygen atoms in total. The monoisotopic (exact) mass is 438 g/mol. The Hall–Kier alpha value is -3.12. The molecular formula is C22H15BrO5. The van der Waals surface area contributed by atoms with Crippen LogP contribution < -0.4 is 10.2 Å². The third-order valence-corrected chi connectivity index (χ3v) is 4.79. The number of furan rings is 1. The molecule has 140 valence electrons. The second-order valence-electron chi connectivity index (χ2n) is 6.29. The van der Waals surface area contributed by atoms with E-state index >= 15 is 0 Å². The average molecular weight is 439 g/mol. The fourth-order valence-corrected chi connectivity index (χ4v) is 3.11. The van der Waals surface area contributed by atoms with Crippen LogP contribution in [0.5, 0.6) is 5.75 Å². The van der Waals surface area contributed by atoms with E-state index in [0.717, 1.165) is 10.0 Å². The van der Waals surface area contributed by atoms with E-state index < -0.39 is 0 Å². The molecule has 0 saturated carbocycles. The van der Waals surface area contributed by atoms with Gasteiger partial charge in [0.1, 0.15) is 5.58 Å². The molecule has 0 saturated heterocycles. The van der Waals surface area contributed by atoms with Crippen LogP contribution in [0.15, 0.2) is 79.0 Å². The quantitative estimate of drug-likeness (QED) is 0.391. The molecule has 28 heavy (non-hydrogen) atoms. The number of rotatable bonds is 5. The summed E-state index contributed by atoms with van der Waals surface area (Å²) in [5.41, 5.74) is 1.53. The molecule has 4 rings (SSSR count). The van der Waals surface area contributed by atoms with Crippen molar-refractivity contribution in [2.24, 2.45) is 0 Å². The third kappa shape index (κ3) is 3.51. The van der Waals surface area contributed by atoms with Gasteiger partial charge >= 0.3 is 0 Å². The van der Waals surface area contributed by atoms with Crippen molar-refractivity contribution in [2.45, 2.75) is 6.92 Å². The maximum atomic E-state index is 13.0. The summed E-state index contributed by atoms with van der Waals surface area (Å²) < 4.78 is 17.8. The second kappa shape index (κ2) is 7.48. The van der Waals surface area contributed by atoms with Crippen LogP contribution in [0.1, 0.15) is 15.9 Å². The molecule has 0 aliphatic rings. The summed E-state index contributed by atoms with van der Waals surface area (Å²) in [5.74, 6) is 0.223. The first-order chi connectivity index (χ1) is 13.5. The molecular weight excluding hydrogens is 424 g/mol. The first kappa shape index (κ1) is 18.3. The lowest BCUT2D eigenvalue weighted by atomic mass is 10.1. The summed E-state index contributed by atoms with van der Waals surface area (Å²) in [6.45, 7) is 1.62. The Morgan fingerprint density at radius 2 is 1.89 bits per heavy atom. The Bertz CT molecular complexity index is 1200. The summed E-state index contributed by atoms with van der Waals surface area (Å²) in [7, 11) is 0. The molecule has 0 bridgehead atoms. The summed E-state index contributed by atoms with van der Waals surface area (Å²) in [4.78, 5) is 25.5. The van der Waals surface area contributed by atoms with E-state index in [2.05, 4.69) is 15.9 Å². The highest BCUT2D eigenvalue weighted by atomic mass is 79.9. The molecule has 0 unspecified atom stereocenters. The van der Waals surface area contributed by atoms with Gasteiger partial charge in [-0.15, -0.1) is 0 Å². The van der Waals surface area contributed by atoms with Gasteiger partial charge in [-0.3, -0.25) is 9.59 Å². The topological polar surface area (TPSA) is 69.7 Å². The van der Waals surface area contributed by atoms with Gasteiger partial charge in [-0.25, -0.2) is 0 Å². The lowest BCUT2D eigenvalue weighted by Crippen LogP contribution is -2.17. The summed E-state index contributed by atoms with van der Waals surface area (Å²) in [5, 5.41) is 0.381. The molecule has 0 aliphatic carbocycles. The number of hydrogen-bond acceptors (Lipinski definition) is 5. The van der Waals surface area contributed by atoms with Crippen LogP contribution in [-0.2, 0) is 0 Å². The number of benzene rings is 2. The summed E-state index contributed by atoms with van der Waals surface area (Å²) >= 11 is 3.33. The minimum atomic E-state index is -0.351. The zero-order chi connectivity index (χ0) is 19.7. The number of aryl methyl sites for hydroxylation is 1. The van der Waals surface area contributed by atoms with Gasteiger partial charge in [0.15, 0.2) is 18.2 Å². The summed E-state index contributed by atoms with van der Waals surface area (Å²) in [6, 6.07) is 15.6. The SMILES string of the molecule is Cc1ccc2c(=O)c(OCC(=O)c3ccc(Br)cc3)c(-c3ccco3)oc2c1. The Balaban J connectivity index is 1.74. The van der Waals surface area contributed by atoms with Gasteiger partial charge in [0, 0.05) is 10.0 Å². The van der Waals surface area contributed by atoms with Crippen LogP contribution in [0.2, 0.25) is 0 Å². The first-order valence-corrected chi connectivity index (χ1v) is 9.35. The Kier molecular flexibility index (Phi) is 4.88. The Morgan fingerprint density at radius 1 is 1.11 bits per heavy atom. The highest BCUT2D eigenvalue weighted by molar-refractivity contribution is 9.10. The van der Waals surface area contributed by atoms with Gasteiger partial charge in [0.2, 0.25) is 16.9 Å². The number of carbonyl (C=O) groups excluding carboxylic acids is 1. The minimum Gasteiger partial charge on any atom is -0.478 e. The van der Waals surface area contributed by atoms with E-state index in [-0.39, 0.29) is 29.3 Å². The van der Waals surface area contributed by atoms with Crippen molar-refractivity contribution in [3.8, 4) is 17.3 Å². The fraction of sp³-hybridized carbons (Fsp3) is 0.0909. The molecule has 0 aliphatic heterocycles. The number of ether oxygens (including phenoxy) is 1. The summed E-state index contributed by atoms with van der Waals surface area (Å²) in [6.07, 6.45) is 1.48. The predicted octanol–water partition coefficient (Wildman–Crippen LogP) is 5.39. The molecule has 0 atom stereocenters. The predicted molar refractivity (Wildman–Crippen MR) is 109 cm³/mol. The molecule has 4 aromatic rings. The molecule has 0 spiro atoms. The van der Waals surface area contributed by atoms with Crippen LogP contribution in [0.4, 0.5) is 0 Å². The molecule has 0 radical (unpaired) electrons. The van der Waals surface area contributed by atoms with Gasteiger partial charge in [-0.05, 0) is 48.9 Å². The van der Waals surface area contributed by atoms with Gasteiger partial charge in [0.25, 0.3) is 0 Å². The lowest BCUT2D eigenvalue weighted by molar-refractivity contribution is 0.0920. The maximum Gasteiger partial charge on any atom is 0.235 e. The molecule has 2 aromatic carbocycles. The number of carbonyl (C=O) groups is 1. The minimum absolute atomic E-state index is 0.0447. The molecule has 0 amide bonds. The van der Waals surface area contributed by atoms with Crippen LogP contribution in [0, 0.1) is 6.92 Å². The van der Waals surface area contributed by atoms with Gasteiger partial charge < -0.3 is 13.6 Å². The van der Waals surface area contributed by atoms with Crippen molar-refractivity contribution in [3.05, 3.63) is 86.7 Å². The Morgan fingerprint density at radius 3 is 2.61 bits per heavy atom. The van der Waals surface area contributed by atoms with E-state index in [1.165, 1.54) is 6.26 Å². The van der Waals surface area contributed by atoms with Crippen LogP contribution in [-0.4, -0.2) is 12.4 Å².